The van der Waals surface area contributed by atoms with E-state index in [1.165, 1.54) is 17.9 Å². The number of likely N-dealkylation sites (N-methyl/N-ethyl adjacent to an activating group) is 2. The Hall–Kier alpha value is -2.02. The fourth-order valence-electron chi connectivity index (χ4n) is 5.41. The first-order valence-electron chi connectivity index (χ1n) is 11.6. The third-order valence-electron chi connectivity index (χ3n) is 7.24. The predicted octanol–water partition coefficient (Wildman–Crippen LogP) is 3.38. The summed E-state index contributed by atoms with van der Waals surface area (Å²) >= 11 is 6.50. The van der Waals surface area contributed by atoms with Crippen molar-refractivity contribution in [2.75, 3.05) is 39.8 Å². The van der Waals surface area contributed by atoms with Crippen molar-refractivity contribution in [3.8, 4) is 0 Å². The third kappa shape index (κ3) is 3.97. The maximum atomic E-state index is 6.50. The van der Waals surface area contributed by atoms with Crippen LogP contribution in [-0.4, -0.2) is 76.6 Å². The Labute approximate surface area is 190 Å². The summed E-state index contributed by atoms with van der Waals surface area (Å²) < 4.78 is 0. The molecule has 3 unspecified atom stereocenters. The maximum absolute atomic E-state index is 6.50. The monoisotopic (exact) mass is 440 g/mol. The molecule has 0 spiro atoms. The van der Waals surface area contributed by atoms with Gasteiger partial charge in [0.25, 0.3) is 0 Å². The van der Waals surface area contributed by atoms with Gasteiger partial charge in [-0.1, -0.05) is 24.6 Å². The molecule has 1 aromatic rings. The van der Waals surface area contributed by atoms with E-state index >= 15 is 0 Å². The van der Waals surface area contributed by atoms with Gasteiger partial charge in [-0.25, -0.2) is 0 Å². The van der Waals surface area contributed by atoms with E-state index in [4.69, 9.17) is 11.6 Å². The summed E-state index contributed by atoms with van der Waals surface area (Å²) in [6.45, 7) is 7.84. The summed E-state index contributed by atoms with van der Waals surface area (Å²) in [5.41, 5.74) is 2.30. The number of halogens is 1. The Morgan fingerprint density at radius 1 is 1.16 bits per heavy atom. The van der Waals surface area contributed by atoms with Gasteiger partial charge in [0.1, 0.15) is 12.0 Å². The number of piperazine rings is 1. The fraction of sp³-hybridized carbons (Fsp3) is 0.542. The van der Waals surface area contributed by atoms with E-state index in [1.54, 1.807) is 0 Å². The Kier molecular flexibility index (Phi) is 5.95. The van der Waals surface area contributed by atoms with Crippen LogP contribution in [0.15, 0.2) is 54.3 Å². The normalized spacial score (nSPS) is 29.5. The molecule has 1 N–H and O–H groups in total. The second kappa shape index (κ2) is 8.85. The SMILES string of the molecule is CCN1CCN(C2=CC=CC3NC(C4CCCC(c5ncccc5Cl)N4C)=CN23)CC1. The zero-order chi connectivity index (χ0) is 21.4. The van der Waals surface area contributed by atoms with E-state index in [0.717, 1.165) is 56.3 Å². The molecule has 166 valence electrons. The molecular weight excluding hydrogens is 408 g/mol. The topological polar surface area (TPSA) is 37.9 Å². The lowest BCUT2D eigenvalue weighted by molar-refractivity contribution is 0.128. The zero-order valence-electron chi connectivity index (χ0n) is 18.5. The second-order valence-corrected chi connectivity index (χ2v) is 9.32. The van der Waals surface area contributed by atoms with Crippen LogP contribution in [0, 0.1) is 0 Å². The minimum absolute atomic E-state index is 0.200. The quantitative estimate of drug-likeness (QED) is 0.773. The van der Waals surface area contributed by atoms with Crippen molar-refractivity contribution in [1.82, 2.24) is 29.9 Å². The first-order valence-corrected chi connectivity index (χ1v) is 12.0. The minimum Gasteiger partial charge on any atom is -0.363 e. The zero-order valence-corrected chi connectivity index (χ0v) is 19.3. The number of piperidine rings is 1. The van der Waals surface area contributed by atoms with E-state index in [1.807, 2.05) is 18.3 Å². The number of likely N-dealkylation sites (tertiary alicyclic amines) is 1. The lowest BCUT2D eigenvalue weighted by Gasteiger charge is -2.41. The highest BCUT2D eigenvalue weighted by atomic mass is 35.5. The fourth-order valence-corrected chi connectivity index (χ4v) is 5.66. The Bertz CT molecular complexity index is 888. The molecule has 6 nitrogen and oxygen atoms in total. The van der Waals surface area contributed by atoms with Crippen molar-refractivity contribution >= 4 is 11.6 Å². The van der Waals surface area contributed by atoms with Crippen molar-refractivity contribution in [1.29, 1.82) is 0 Å². The van der Waals surface area contributed by atoms with Crippen LogP contribution in [-0.2, 0) is 0 Å². The standard InChI is InChI=1S/C24H33ClN6/c1-3-29-13-15-30(16-14-29)23-11-5-10-22-27-19(17-31(22)23)20-8-4-9-21(28(20)2)24-18(25)7-6-12-26-24/h5-7,10-12,17,20-22,27H,3-4,8-9,13-16H2,1-2H3. The summed E-state index contributed by atoms with van der Waals surface area (Å²) in [6.07, 6.45) is 14.5. The molecule has 2 fully saturated rings. The molecule has 0 amide bonds. The van der Waals surface area contributed by atoms with Crippen LogP contribution in [0.1, 0.15) is 37.9 Å². The van der Waals surface area contributed by atoms with Gasteiger partial charge >= 0.3 is 0 Å². The summed E-state index contributed by atoms with van der Waals surface area (Å²) in [7, 11) is 2.22. The minimum atomic E-state index is 0.200. The van der Waals surface area contributed by atoms with Gasteiger partial charge in [0.05, 0.1) is 22.8 Å². The number of allylic oxidation sites excluding steroid dienone is 2. The van der Waals surface area contributed by atoms with Gasteiger partial charge in [-0.2, -0.15) is 0 Å². The van der Waals surface area contributed by atoms with E-state index in [2.05, 4.69) is 68.3 Å². The molecule has 3 atom stereocenters. The van der Waals surface area contributed by atoms with Gasteiger partial charge in [0.15, 0.2) is 0 Å². The van der Waals surface area contributed by atoms with Crippen molar-refractivity contribution in [3.63, 3.8) is 0 Å². The highest BCUT2D eigenvalue weighted by molar-refractivity contribution is 6.31. The second-order valence-electron chi connectivity index (χ2n) is 8.91. The van der Waals surface area contributed by atoms with Gasteiger partial charge < -0.3 is 20.0 Å². The van der Waals surface area contributed by atoms with Crippen LogP contribution < -0.4 is 5.32 Å². The number of aromatic nitrogens is 1. The van der Waals surface area contributed by atoms with Crippen LogP contribution in [0.4, 0.5) is 0 Å². The number of hydrogen-bond donors (Lipinski definition) is 1. The van der Waals surface area contributed by atoms with Crippen LogP contribution in [0.3, 0.4) is 0 Å². The van der Waals surface area contributed by atoms with Gasteiger partial charge in [0, 0.05) is 44.3 Å². The van der Waals surface area contributed by atoms with Crippen molar-refractivity contribution in [2.45, 2.75) is 44.4 Å². The molecule has 4 aliphatic rings. The Balaban J connectivity index is 1.34. The van der Waals surface area contributed by atoms with E-state index in [0.29, 0.717) is 6.04 Å². The smallest absolute Gasteiger partial charge is 0.124 e. The molecule has 0 saturated carbocycles. The van der Waals surface area contributed by atoms with Gasteiger partial charge in [-0.3, -0.25) is 9.88 Å². The van der Waals surface area contributed by atoms with Crippen LogP contribution >= 0.6 is 11.6 Å². The predicted molar refractivity (Wildman–Crippen MR) is 125 cm³/mol. The highest BCUT2D eigenvalue weighted by Gasteiger charge is 2.38. The van der Waals surface area contributed by atoms with Crippen molar-refractivity contribution < 1.29 is 0 Å². The first kappa shape index (κ1) is 20.9. The molecule has 5 heterocycles. The lowest BCUT2D eigenvalue weighted by Crippen LogP contribution is -2.50. The van der Waals surface area contributed by atoms with Gasteiger partial charge in [-0.05, 0) is 57.1 Å². The molecule has 0 aliphatic carbocycles. The van der Waals surface area contributed by atoms with E-state index < -0.39 is 0 Å². The first-order chi connectivity index (χ1) is 15.2. The summed E-state index contributed by atoms with van der Waals surface area (Å²) in [5, 5.41) is 4.56. The lowest BCUT2D eigenvalue weighted by atomic mass is 9.92. The summed E-state index contributed by atoms with van der Waals surface area (Å²) in [5.74, 6) is 1.31. The molecule has 31 heavy (non-hydrogen) atoms. The van der Waals surface area contributed by atoms with Gasteiger partial charge in [0.2, 0.25) is 0 Å². The average Bonchev–Trinajstić information content (AvgIpc) is 3.24. The van der Waals surface area contributed by atoms with E-state index in [9.17, 15) is 0 Å². The molecule has 0 aromatic carbocycles. The number of nitrogens with zero attached hydrogens (tertiary/aromatic N) is 5. The van der Waals surface area contributed by atoms with Crippen molar-refractivity contribution in [3.05, 3.63) is 65.0 Å². The number of hydrogen-bond acceptors (Lipinski definition) is 6. The largest absolute Gasteiger partial charge is 0.363 e. The Morgan fingerprint density at radius 3 is 2.74 bits per heavy atom. The summed E-state index contributed by atoms with van der Waals surface area (Å²) in [4.78, 5) is 14.6. The Morgan fingerprint density at radius 2 is 1.97 bits per heavy atom. The molecule has 1 aromatic heterocycles. The number of pyridine rings is 1. The molecule has 7 heteroatoms. The van der Waals surface area contributed by atoms with E-state index in [-0.39, 0.29) is 12.2 Å². The van der Waals surface area contributed by atoms with Crippen LogP contribution in [0.5, 0.6) is 0 Å². The van der Waals surface area contributed by atoms with Crippen LogP contribution in [0.2, 0.25) is 5.02 Å². The van der Waals surface area contributed by atoms with Gasteiger partial charge in [-0.15, -0.1) is 0 Å². The number of rotatable bonds is 4. The molecule has 0 radical (unpaired) electrons. The van der Waals surface area contributed by atoms with Crippen molar-refractivity contribution in [2.24, 2.45) is 0 Å². The van der Waals surface area contributed by atoms with Crippen LogP contribution in [0.25, 0.3) is 0 Å². The number of fused-ring (bicyclic) bond motifs is 1. The third-order valence-corrected chi connectivity index (χ3v) is 7.56. The summed E-state index contributed by atoms with van der Waals surface area (Å²) in [6, 6.07) is 4.45. The molecule has 2 saturated heterocycles. The highest BCUT2D eigenvalue weighted by Crippen LogP contribution is 2.38. The molecule has 5 rings (SSSR count). The molecule has 4 aliphatic heterocycles. The average molecular weight is 441 g/mol. The number of nitrogens with one attached hydrogen (secondary N) is 1. The molecule has 0 bridgehead atoms. The molecular formula is C24H33ClN6. The maximum Gasteiger partial charge on any atom is 0.124 e.